The lowest BCUT2D eigenvalue weighted by atomic mass is 10.1. The van der Waals surface area contributed by atoms with Crippen LogP contribution >= 0.6 is 0 Å². The molecule has 2 rings (SSSR count). The van der Waals surface area contributed by atoms with Crippen LogP contribution in [0.1, 0.15) is 18.1 Å². The molecule has 6 heteroatoms. The van der Waals surface area contributed by atoms with Gasteiger partial charge in [0.25, 0.3) is 0 Å². The zero-order valence-corrected chi connectivity index (χ0v) is 10.4. The van der Waals surface area contributed by atoms with Gasteiger partial charge < -0.3 is 4.52 Å². The monoisotopic (exact) mass is 246 g/mol. The lowest BCUT2D eigenvalue weighted by Crippen LogP contribution is -2.26. The van der Waals surface area contributed by atoms with Crippen LogP contribution in [-0.4, -0.2) is 16.0 Å². The highest BCUT2D eigenvalue weighted by atomic mass is 16.5. The van der Waals surface area contributed by atoms with Gasteiger partial charge in [0.05, 0.1) is 0 Å². The second-order valence-electron chi connectivity index (χ2n) is 4.03. The first-order valence-electron chi connectivity index (χ1n) is 5.50. The molecule has 0 bridgehead atoms. The second kappa shape index (κ2) is 4.87. The van der Waals surface area contributed by atoms with Gasteiger partial charge in [-0.2, -0.15) is 4.98 Å². The summed E-state index contributed by atoms with van der Waals surface area (Å²) in [6.07, 6.45) is 0. The molecular formula is C12H14N4O2. The van der Waals surface area contributed by atoms with Crippen molar-refractivity contribution < 1.29 is 9.32 Å². The average molecular weight is 246 g/mol. The number of rotatable bonds is 3. The van der Waals surface area contributed by atoms with E-state index in [4.69, 9.17) is 4.52 Å². The van der Waals surface area contributed by atoms with E-state index in [2.05, 4.69) is 21.0 Å². The molecule has 0 aliphatic carbocycles. The van der Waals surface area contributed by atoms with Crippen molar-refractivity contribution >= 4 is 11.9 Å². The molecule has 0 radical (unpaired) electrons. The molecule has 1 heterocycles. The molecule has 1 amide bonds. The Kier molecular flexibility index (Phi) is 3.27. The number of hydrogen-bond donors (Lipinski definition) is 2. The van der Waals surface area contributed by atoms with Gasteiger partial charge in [0.15, 0.2) is 0 Å². The Morgan fingerprint density at radius 1 is 1.28 bits per heavy atom. The summed E-state index contributed by atoms with van der Waals surface area (Å²) in [7, 11) is 0. The van der Waals surface area contributed by atoms with Crippen LogP contribution in [0.5, 0.6) is 0 Å². The predicted octanol–water partition coefficient (Wildman–Crippen LogP) is 1.82. The van der Waals surface area contributed by atoms with Gasteiger partial charge in [0, 0.05) is 12.5 Å². The van der Waals surface area contributed by atoms with E-state index < -0.39 is 0 Å². The van der Waals surface area contributed by atoms with Gasteiger partial charge in [-0.3, -0.25) is 10.2 Å². The van der Waals surface area contributed by atoms with Crippen LogP contribution in [0.15, 0.2) is 22.7 Å². The fourth-order valence-electron chi connectivity index (χ4n) is 1.41. The van der Waals surface area contributed by atoms with E-state index in [0.717, 1.165) is 11.1 Å². The molecule has 6 nitrogen and oxygen atoms in total. The molecule has 0 aliphatic heterocycles. The van der Waals surface area contributed by atoms with Crippen LogP contribution in [0.3, 0.4) is 0 Å². The number of hydrazine groups is 1. The molecule has 0 unspecified atom stereocenters. The van der Waals surface area contributed by atoms with Crippen LogP contribution in [0.25, 0.3) is 11.4 Å². The number of carbonyl (C=O) groups is 1. The van der Waals surface area contributed by atoms with E-state index in [9.17, 15) is 4.79 Å². The molecule has 1 aromatic carbocycles. The zero-order valence-electron chi connectivity index (χ0n) is 10.4. The van der Waals surface area contributed by atoms with Crippen LogP contribution in [0, 0.1) is 13.8 Å². The molecule has 18 heavy (non-hydrogen) atoms. The van der Waals surface area contributed by atoms with E-state index >= 15 is 0 Å². The minimum absolute atomic E-state index is 0.151. The molecule has 0 atom stereocenters. The summed E-state index contributed by atoms with van der Waals surface area (Å²) in [5.74, 6) is 0.242. The molecule has 2 N–H and O–H groups in total. The molecule has 0 spiro atoms. The topological polar surface area (TPSA) is 80.0 Å². The van der Waals surface area contributed by atoms with Crippen molar-refractivity contribution in [1.29, 1.82) is 0 Å². The Morgan fingerprint density at radius 3 is 2.72 bits per heavy atom. The van der Waals surface area contributed by atoms with Gasteiger partial charge in [-0.05, 0) is 31.0 Å². The van der Waals surface area contributed by atoms with E-state index in [1.807, 2.05) is 32.0 Å². The van der Waals surface area contributed by atoms with Crippen molar-refractivity contribution in [3.05, 3.63) is 29.3 Å². The standard InChI is InChI=1S/C12H14N4O2/c1-7-4-5-10(6-8(7)2)11-13-12(18-16-11)15-14-9(3)17/h4-6H,1-3H3,(H,14,17)(H,13,15,16). The van der Waals surface area contributed by atoms with E-state index in [1.165, 1.54) is 12.5 Å². The van der Waals surface area contributed by atoms with E-state index in [1.54, 1.807) is 0 Å². The molecule has 1 aromatic heterocycles. The second-order valence-corrected chi connectivity index (χ2v) is 4.03. The average Bonchev–Trinajstić information content (AvgIpc) is 2.79. The third-order valence-electron chi connectivity index (χ3n) is 2.54. The van der Waals surface area contributed by atoms with Crippen molar-refractivity contribution in [1.82, 2.24) is 15.6 Å². The maximum Gasteiger partial charge on any atom is 0.340 e. The Morgan fingerprint density at radius 2 is 2.06 bits per heavy atom. The number of nitrogens with zero attached hydrogens (tertiary/aromatic N) is 2. The number of carbonyl (C=O) groups excluding carboxylic acids is 1. The number of anilines is 1. The SMILES string of the molecule is CC(=O)NNc1nc(-c2ccc(C)c(C)c2)no1. The normalized spacial score (nSPS) is 10.2. The van der Waals surface area contributed by atoms with E-state index in [0.29, 0.717) is 5.82 Å². The maximum atomic E-state index is 10.7. The maximum absolute atomic E-state index is 10.7. The number of aromatic nitrogens is 2. The fraction of sp³-hybridized carbons (Fsp3) is 0.250. The number of benzene rings is 1. The van der Waals surface area contributed by atoms with Gasteiger partial charge in [-0.25, -0.2) is 5.43 Å². The minimum Gasteiger partial charge on any atom is -0.313 e. The molecular weight excluding hydrogens is 232 g/mol. The highest BCUT2D eigenvalue weighted by Gasteiger charge is 2.09. The first-order chi connectivity index (χ1) is 8.56. The smallest absolute Gasteiger partial charge is 0.313 e. The van der Waals surface area contributed by atoms with Gasteiger partial charge >= 0.3 is 6.01 Å². The van der Waals surface area contributed by atoms with Crippen molar-refractivity contribution in [3.63, 3.8) is 0 Å². The summed E-state index contributed by atoms with van der Waals surface area (Å²) in [5, 5.41) is 3.84. The third kappa shape index (κ3) is 2.65. The third-order valence-corrected chi connectivity index (χ3v) is 2.54. The number of hydrogen-bond acceptors (Lipinski definition) is 5. The molecule has 0 saturated carbocycles. The van der Waals surface area contributed by atoms with Crippen molar-refractivity contribution in [2.45, 2.75) is 20.8 Å². The number of amides is 1. The molecule has 94 valence electrons. The van der Waals surface area contributed by atoms with Crippen molar-refractivity contribution in [2.75, 3.05) is 5.43 Å². The molecule has 2 aromatic rings. The number of nitrogens with one attached hydrogen (secondary N) is 2. The highest BCUT2D eigenvalue weighted by molar-refractivity contribution is 5.73. The summed E-state index contributed by atoms with van der Waals surface area (Å²) in [5.41, 5.74) is 8.12. The van der Waals surface area contributed by atoms with Gasteiger partial charge in [0.2, 0.25) is 11.7 Å². The number of aryl methyl sites for hydroxylation is 2. The van der Waals surface area contributed by atoms with Gasteiger partial charge in [-0.1, -0.05) is 17.3 Å². The van der Waals surface area contributed by atoms with Crippen molar-refractivity contribution in [3.8, 4) is 11.4 Å². The summed E-state index contributed by atoms with van der Waals surface area (Å²) in [4.78, 5) is 14.8. The summed E-state index contributed by atoms with van der Waals surface area (Å²) in [6, 6.07) is 6.07. The van der Waals surface area contributed by atoms with Crippen LogP contribution in [0.4, 0.5) is 6.01 Å². The lowest BCUT2D eigenvalue weighted by molar-refractivity contribution is -0.118. The van der Waals surface area contributed by atoms with Gasteiger partial charge in [0.1, 0.15) is 0 Å². The summed E-state index contributed by atoms with van der Waals surface area (Å²) >= 11 is 0. The summed E-state index contributed by atoms with van der Waals surface area (Å²) in [6.45, 7) is 5.45. The lowest BCUT2D eigenvalue weighted by Gasteiger charge is -2.00. The first kappa shape index (κ1) is 12.1. The van der Waals surface area contributed by atoms with E-state index in [-0.39, 0.29) is 11.9 Å². The van der Waals surface area contributed by atoms with Crippen molar-refractivity contribution in [2.24, 2.45) is 0 Å². The largest absolute Gasteiger partial charge is 0.340 e. The molecule has 0 aliphatic rings. The molecule has 0 saturated heterocycles. The summed E-state index contributed by atoms with van der Waals surface area (Å²) < 4.78 is 4.95. The minimum atomic E-state index is -0.235. The quantitative estimate of drug-likeness (QED) is 0.807. The first-order valence-corrected chi connectivity index (χ1v) is 5.50. The van der Waals surface area contributed by atoms with Gasteiger partial charge in [-0.15, -0.1) is 0 Å². The van der Waals surface area contributed by atoms with Crippen LogP contribution in [-0.2, 0) is 4.79 Å². The molecule has 0 fully saturated rings. The predicted molar refractivity (Wildman–Crippen MR) is 66.6 cm³/mol. The Labute approximate surface area is 104 Å². The Hall–Kier alpha value is -2.37. The van der Waals surface area contributed by atoms with Crippen LogP contribution in [0.2, 0.25) is 0 Å². The zero-order chi connectivity index (χ0) is 13.1. The van der Waals surface area contributed by atoms with Crippen LogP contribution < -0.4 is 10.9 Å². The Balaban J connectivity index is 2.18. The fourth-order valence-corrected chi connectivity index (χ4v) is 1.41. The Bertz CT molecular complexity index is 577. The highest BCUT2D eigenvalue weighted by Crippen LogP contribution is 2.20.